The van der Waals surface area contributed by atoms with E-state index in [-0.39, 0.29) is 0 Å². The molecule has 2 saturated carbocycles. The fourth-order valence-corrected chi connectivity index (χ4v) is 4.19. The van der Waals surface area contributed by atoms with Crippen LogP contribution in [0, 0.1) is 11.8 Å². The van der Waals surface area contributed by atoms with Gasteiger partial charge in [-0.05, 0) is 68.4 Å². The summed E-state index contributed by atoms with van der Waals surface area (Å²) in [4.78, 5) is 11.9. The Hall–Kier alpha value is -1.33. The van der Waals surface area contributed by atoms with Crippen LogP contribution in [0.4, 0.5) is 5.69 Å². The number of nitrogens with one attached hydrogen (secondary N) is 2. The lowest BCUT2D eigenvalue weighted by Crippen LogP contribution is -2.40. The topological polar surface area (TPSA) is 50.4 Å². The van der Waals surface area contributed by atoms with Crippen molar-refractivity contribution in [2.45, 2.75) is 38.6 Å². The molecule has 1 aromatic rings. The van der Waals surface area contributed by atoms with Gasteiger partial charge in [-0.15, -0.1) is 0 Å². The zero-order chi connectivity index (χ0) is 16.4. The van der Waals surface area contributed by atoms with Crippen LogP contribution < -0.4 is 10.6 Å². The highest BCUT2D eigenvalue weighted by atomic mass is 35.5. The molecule has 0 unspecified atom stereocenters. The second kappa shape index (κ2) is 7.05. The summed E-state index contributed by atoms with van der Waals surface area (Å²) in [6.45, 7) is 2.08. The molecule has 0 amide bonds. The molecule has 3 atom stereocenters. The number of hydrogen-bond acceptors (Lipinski definition) is 3. The molecule has 23 heavy (non-hydrogen) atoms. The van der Waals surface area contributed by atoms with Crippen LogP contribution in [0.25, 0.3) is 0 Å². The lowest BCUT2D eigenvalue weighted by molar-refractivity contribution is 0.0526. The molecule has 1 aromatic carbocycles. The molecule has 0 saturated heterocycles. The van der Waals surface area contributed by atoms with E-state index in [0.717, 1.165) is 17.5 Å². The molecular weight excluding hydrogens is 332 g/mol. The molecule has 2 aliphatic rings. The fourth-order valence-electron chi connectivity index (χ4n) is 3.73. The monoisotopic (exact) mass is 352 g/mol. The van der Waals surface area contributed by atoms with Gasteiger partial charge in [0.05, 0.1) is 17.2 Å². The number of rotatable bonds is 4. The van der Waals surface area contributed by atoms with Crippen molar-refractivity contribution in [2.75, 3.05) is 11.9 Å². The number of hydrogen-bond donors (Lipinski definition) is 2. The fraction of sp³-hybridized carbons (Fsp3) is 0.529. The Bertz CT molecular complexity index is 623. The standard InChI is InChI=1S/C17H21ClN2O2S/c1-2-22-16(21)13-9-12(5-6-14(13)18)19-17(23)20-15-8-10-3-4-11(15)7-10/h5-6,9-11,15H,2-4,7-8H2,1H3,(H2,19,20,23)/t10-,11-,15-/m0/s1. The SMILES string of the molecule is CCOC(=O)c1cc(NC(=S)N[C@H]2C[C@H]3CC[C@H]2C3)ccc1Cl. The van der Waals surface area contributed by atoms with Gasteiger partial charge >= 0.3 is 5.97 Å². The average molecular weight is 353 g/mol. The Morgan fingerprint density at radius 3 is 2.87 bits per heavy atom. The summed E-state index contributed by atoms with van der Waals surface area (Å²) in [6, 6.07) is 5.64. The minimum atomic E-state index is -0.423. The van der Waals surface area contributed by atoms with Gasteiger partial charge in [0.25, 0.3) is 0 Å². The van der Waals surface area contributed by atoms with Gasteiger partial charge < -0.3 is 15.4 Å². The van der Waals surface area contributed by atoms with Crippen LogP contribution in [0.1, 0.15) is 43.0 Å². The number of carbonyl (C=O) groups excluding carboxylic acids is 1. The van der Waals surface area contributed by atoms with Crippen LogP contribution in [0.3, 0.4) is 0 Å². The van der Waals surface area contributed by atoms with Crippen LogP contribution in [0.15, 0.2) is 18.2 Å². The van der Waals surface area contributed by atoms with Crippen molar-refractivity contribution in [1.29, 1.82) is 0 Å². The molecule has 0 aromatic heterocycles. The molecule has 6 heteroatoms. The van der Waals surface area contributed by atoms with Gasteiger partial charge in [-0.3, -0.25) is 0 Å². The summed E-state index contributed by atoms with van der Waals surface area (Å²) >= 11 is 11.5. The summed E-state index contributed by atoms with van der Waals surface area (Å²) in [5.41, 5.74) is 1.08. The summed E-state index contributed by atoms with van der Waals surface area (Å²) < 4.78 is 5.01. The van der Waals surface area contributed by atoms with Crippen LogP contribution in [-0.4, -0.2) is 23.7 Å². The molecular formula is C17H21ClN2O2S. The Kier molecular flexibility index (Phi) is 5.07. The first-order chi connectivity index (χ1) is 11.1. The van der Waals surface area contributed by atoms with Gasteiger partial charge in [-0.2, -0.15) is 0 Å². The van der Waals surface area contributed by atoms with E-state index in [9.17, 15) is 4.79 Å². The van der Waals surface area contributed by atoms with Gasteiger partial charge in [-0.1, -0.05) is 18.0 Å². The highest BCUT2D eigenvalue weighted by Crippen LogP contribution is 2.44. The lowest BCUT2D eigenvalue weighted by atomic mass is 9.96. The van der Waals surface area contributed by atoms with Gasteiger partial charge in [0.2, 0.25) is 0 Å². The van der Waals surface area contributed by atoms with Gasteiger partial charge in [-0.25, -0.2) is 4.79 Å². The normalized spacial score (nSPS) is 25.2. The highest BCUT2D eigenvalue weighted by molar-refractivity contribution is 7.80. The number of ether oxygens (including phenoxy) is 1. The number of benzene rings is 1. The number of thiocarbonyl (C=S) groups is 1. The zero-order valence-corrected chi connectivity index (χ0v) is 14.7. The van der Waals surface area contributed by atoms with E-state index in [1.54, 1.807) is 25.1 Å². The number of fused-ring (bicyclic) bond motifs is 2. The summed E-state index contributed by atoms with van der Waals surface area (Å²) in [7, 11) is 0. The average Bonchev–Trinajstić information content (AvgIpc) is 3.12. The molecule has 2 fully saturated rings. The van der Waals surface area contributed by atoms with E-state index in [4.69, 9.17) is 28.6 Å². The maximum Gasteiger partial charge on any atom is 0.339 e. The van der Waals surface area contributed by atoms with Crippen LogP contribution >= 0.6 is 23.8 Å². The molecule has 124 valence electrons. The molecule has 0 radical (unpaired) electrons. The number of halogens is 1. The Morgan fingerprint density at radius 1 is 1.39 bits per heavy atom. The summed E-state index contributed by atoms with van der Waals surface area (Å²) in [5, 5.41) is 7.54. The summed E-state index contributed by atoms with van der Waals surface area (Å²) in [5.74, 6) is 1.19. The van der Waals surface area contributed by atoms with Crippen molar-refractivity contribution < 1.29 is 9.53 Å². The van der Waals surface area contributed by atoms with Gasteiger partial charge in [0.1, 0.15) is 0 Å². The van der Waals surface area contributed by atoms with Crippen molar-refractivity contribution >= 4 is 40.6 Å². The number of esters is 1. The van der Waals surface area contributed by atoms with E-state index < -0.39 is 5.97 Å². The maximum atomic E-state index is 11.9. The predicted molar refractivity (Wildman–Crippen MR) is 96.0 cm³/mol. The van der Waals surface area contributed by atoms with E-state index in [2.05, 4.69) is 10.6 Å². The molecule has 0 aliphatic heterocycles. The minimum Gasteiger partial charge on any atom is -0.462 e. The van der Waals surface area contributed by atoms with Gasteiger partial charge in [0.15, 0.2) is 5.11 Å². The molecule has 2 bridgehead atoms. The first-order valence-corrected chi connectivity index (χ1v) is 8.89. The van der Waals surface area contributed by atoms with Crippen molar-refractivity contribution in [3.8, 4) is 0 Å². The third-order valence-corrected chi connectivity index (χ3v) is 5.32. The Morgan fingerprint density at radius 2 is 2.22 bits per heavy atom. The molecule has 0 heterocycles. The van der Waals surface area contributed by atoms with Crippen LogP contribution in [-0.2, 0) is 4.74 Å². The van der Waals surface area contributed by atoms with Crippen molar-refractivity contribution in [2.24, 2.45) is 11.8 Å². The molecule has 4 nitrogen and oxygen atoms in total. The first kappa shape index (κ1) is 16.5. The van der Waals surface area contributed by atoms with Crippen LogP contribution in [0.5, 0.6) is 0 Å². The third-order valence-electron chi connectivity index (χ3n) is 4.77. The highest BCUT2D eigenvalue weighted by Gasteiger charge is 2.39. The van der Waals surface area contributed by atoms with E-state index in [1.165, 1.54) is 25.7 Å². The Labute approximate surface area is 146 Å². The number of carbonyl (C=O) groups is 1. The van der Waals surface area contributed by atoms with Gasteiger partial charge in [0, 0.05) is 11.7 Å². The second-order valence-corrected chi connectivity index (χ2v) is 7.11. The minimum absolute atomic E-state index is 0.316. The first-order valence-electron chi connectivity index (χ1n) is 8.11. The lowest BCUT2D eigenvalue weighted by Gasteiger charge is -2.24. The van der Waals surface area contributed by atoms with E-state index in [0.29, 0.717) is 28.3 Å². The third kappa shape index (κ3) is 3.78. The Balaban J connectivity index is 1.62. The molecule has 2 aliphatic carbocycles. The molecule has 2 N–H and O–H groups in total. The van der Waals surface area contributed by atoms with Crippen molar-refractivity contribution in [3.63, 3.8) is 0 Å². The van der Waals surface area contributed by atoms with E-state index >= 15 is 0 Å². The molecule has 0 spiro atoms. The maximum absolute atomic E-state index is 11.9. The quantitative estimate of drug-likeness (QED) is 0.633. The van der Waals surface area contributed by atoms with Crippen LogP contribution in [0.2, 0.25) is 5.02 Å². The van der Waals surface area contributed by atoms with Crippen molar-refractivity contribution in [3.05, 3.63) is 28.8 Å². The van der Waals surface area contributed by atoms with Crippen molar-refractivity contribution in [1.82, 2.24) is 5.32 Å². The largest absolute Gasteiger partial charge is 0.462 e. The summed E-state index contributed by atoms with van der Waals surface area (Å²) in [6.07, 6.45) is 5.21. The van der Waals surface area contributed by atoms with E-state index in [1.807, 2.05) is 0 Å². The molecule has 3 rings (SSSR count). The second-order valence-electron chi connectivity index (χ2n) is 6.29. The zero-order valence-electron chi connectivity index (χ0n) is 13.1. The predicted octanol–water partition coefficient (Wildman–Crippen LogP) is 3.99. The smallest absolute Gasteiger partial charge is 0.339 e. The number of anilines is 1.